The molecule has 1 amide bonds. The van der Waals surface area contributed by atoms with Crippen LogP contribution in [0.2, 0.25) is 10.0 Å². The van der Waals surface area contributed by atoms with Crippen molar-refractivity contribution in [3.05, 3.63) is 33.9 Å². The van der Waals surface area contributed by atoms with Crippen molar-refractivity contribution in [3.63, 3.8) is 0 Å². The molecule has 1 aliphatic heterocycles. The molecule has 1 aromatic carbocycles. The van der Waals surface area contributed by atoms with E-state index in [-0.39, 0.29) is 16.5 Å². The zero-order chi connectivity index (χ0) is 23.7. The molecule has 3 rings (SSSR count). The summed E-state index contributed by atoms with van der Waals surface area (Å²) in [5, 5.41) is 13.3. The number of piperidine rings is 1. The Kier molecular flexibility index (Phi) is 6.72. The van der Waals surface area contributed by atoms with Gasteiger partial charge in [0.15, 0.2) is 5.69 Å². The maximum absolute atomic E-state index is 12.2. The normalized spacial score (nSPS) is 15.7. The third-order valence-electron chi connectivity index (χ3n) is 5.20. The number of carbonyl (C=O) groups excluding carboxylic acids is 1. The number of benzene rings is 1. The van der Waals surface area contributed by atoms with Crippen LogP contribution in [0.15, 0.2) is 18.2 Å². The van der Waals surface area contributed by atoms with Crippen LogP contribution in [0.1, 0.15) is 46.2 Å². The second-order valence-electron chi connectivity index (χ2n) is 9.02. The number of halogens is 2. The van der Waals surface area contributed by atoms with Crippen LogP contribution >= 0.6 is 23.2 Å². The molecule has 0 saturated carbocycles. The number of nitriles is 1. The number of alkyl carbamates (subject to hydrolysis) is 1. The van der Waals surface area contributed by atoms with E-state index in [1.165, 1.54) is 0 Å². The topological polar surface area (TPSA) is 117 Å². The molecule has 2 aromatic rings. The van der Waals surface area contributed by atoms with E-state index in [0.29, 0.717) is 48.0 Å². The van der Waals surface area contributed by atoms with Crippen LogP contribution in [0.4, 0.5) is 16.6 Å². The van der Waals surface area contributed by atoms with Crippen molar-refractivity contribution in [2.24, 2.45) is 0 Å². The third-order valence-corrected chi connectivity index (χ3v) is 6.02. The van der Waals surface area contributed by atoms with E-state index in [1.54, 1.807) is 18.2 Å². The van der Waals surface area contributed by atoms with Gasteiger partial charge in [0.1, 0.15) is 17.5 Å². The van der Waals surface area contributed by atoms with Gasteiger partial charge < -0.3 is 20.7 Å². The number of amides is 1. The molecular weight excluding hydrogens is 451 g/mol. The summed E-state index contributed by atoms with van der Waals surface area (Å²) in [6.07, 6.45) is 0.863. The number of nitrogen functional groups attached to an aromatic ring is 1. The van der Waals surface area contributed by atoms with E-state index in [4.69, 9.17) is 33.7 Å². The lowest BCUT2D eigenvalue weighted by Gasteiger charge is -2.40. The summed E-state index contributed by atoms with van der Waals surface area (Å²) in [6, 6.07) is 7.19. The number of aromatic nitrogens is 2. The van der Waals surface area contributed by atoms with Gasteiger partial charge in [0.2, 0.25) is 5.95 Å². The summed E-state index contributed by atoms with van der Waals surface area (Å²) in [5.41, 5.74) is 6.24. The summed E-state index contributed by atoms with van der Waals surface area (Å²) >= 11 is 12.4. The van der Waals surface area contributed by atoms with Crippen molar-refractivity contribution in [2.45, 2.75) is 51.7 Å². The number of hydrogen-bond acceptors (Lipinski definition) is 7. The Hall–Kier alpha value is -2.76. The van der Waals surface area contributed by atoms with Crippen LogP contribution in [-0.2, 0) is 4.74 Å². The predicted molar refractivity (Wildman–Crippen MR) is 126 cm³/mol. The minimum absolute atomic E-state index is 0.122. The molecule has 0 atom stereocenters. The first kappa shape index (κ1) is 23.9. The second kappa shape index (κ2) is 9.00. The lowest BCUT2D eigenvalue weighted by Crippen LogP contribution is -2.54. The van der Waals surface area contributed by atoms with Gasteiger partial charge in [0.25, 0.3) is 0 Å². The zero-order valence-corrected chi connectivity index (χ0v) is 20.0. The summed E-state index contributed by atoms with van der Waals surface area (Å²) in [6.45, 7) is 8.61. The van der Waals surface area contributed by atoms with Crippen molar-refractivity contribution in [3.8, 4) is 17.2 Å². The Morgan fingerprint density at radius 1 is 1.28 bits per heavy atom. The van der Waals surface area contributed by atoms with Gasteiger partial charge in [-0.1, -0.05) is 35.3 Å². The molecule has 1 aliphatic rings. The summed E-state index contributed by atoms with van der Waals surface area (Å²) in [7, 11) is 0. The SMILES string of the molecule is CC1(NC(=O)OC(C)(C)C)CCN(c2nc(N)c(-c3cccc(Cl)c3Cl)c(C#N)n2)CC1. The molecule has 1 saturated heterocycles. The molecule has 1 aromatic heterocycles. The molecule has 0 aliphatic carbocycles. The Balaban J connectivity index is 1.79. The zero-order valence-electron chi connectivity index (χ0n) is 18.5. The highest BCUT2D eigenvalue weighted by Gasteiger charge is 2.34. The van der Waals surface area contributed by atoms with Crippen molar-refractivity contribution in [1.82, 2.24) is 15.3 Å². The highest BCUT2D eigenvalue weighted by atomic mass is 35.5. The van der Waals surface area contributed by atoms with Crippen LogP contribution in [0, 0.1) is 11.3 Å². The number of ether oxygens (including phenoxy) is 1. The first-order valence-electron chi connectivity index (χ1n) is 10.2. The minimum atomic E-state index is -0.562. The summed E-state index contributed by atoms with van der Waals surface area (Å²) in [5.74, 6) is 0.510. The number of hydrogen-bond donors (Lipinski definition) is 2. The number of nitrogens with two attached hydrogens (primary N) is 1. The van der Waals surface area contributed by atoms with Crippen molar-refractivity contribution >= 4 is 41.1 Å². The highest BCUT2D eigenvalue weighted by molar-refractivity contribution is 6.43. The lowest BCUT2D eigenvalue weighted by atomic mass is 9.90. The Morgan fingerprint density at radius 3 is 2.53 bits per heavy atom. The van der Waals surface area contributed by atoms with Crippen molar-refractivity contribution in [2.75, 3.05) is 23.7 Å². The van der Waals surface area contributed by atoms with Gasteiger partial charge in [-0.2, -0.15) is 10.2 Å². The number of rotatable bonds is 3. The summed E-state index contributed by atoms with van der Waals surface area (Å²) < 4.78 is 5.38. The first-order valence-corrected chi connectivity index (χ1v) is 11.0. The fraction of sp³-hybridized carbons (Fsp3) is 0.455. The monoisotopic (exact) mass is 476 g/mol. The molecule has 0 bridgehead atoms. The fourth-order valence-electron chi connectivity index (χ4n) is 3.53. The maximum atomic E-state index is 12.2. The van der Waals surface area contributed by atoms with Gasteiger partial charge in [0.05, 0.1) is 15.6 Å². The van der Waals surface area contributed by atoms with Crippen molar-refractivity contribution < 1.29 is 9.53 Å². The smallest absolute Gasteiger partial charge is 0.408 e. The minimum Gasteiger partial charge on any atom is -0.444 e. The fourth-order valence-corrected chi connectivity index (χ4v) is 3.92. The van der Waals surface area contributed by atoms with E-state index >= 15 is 0 Å². The quantitative estimate of drug-likeness (QED) is 0.653. The summed E-state index contributed by atoms with van der Waals surface area (Å²) in [4.78, 5) is 23.0. The average Bonchev–Trinajstić information content (AvgIpc) is 2.68. The van der Waals surface area contributed by atoms with Crippen LogP contribution in [0.25, 0.3) is 11.1 Å². The maximum Gasteiger partial charge on any atom is 0.408 e. The van der Waals surface area contributed by atoms with Crippen LogP contribution in [0.5, 0.6) is 0 Å². The predicted octanol–water partition coefficient (Wildman–Crippen LogP) is 4.79. The van der Waals surface area contributed by atoms with Gasteiger partial charge in [-0.3, -0.25) is 0 Å². The Bertz CT molecular complexity index is 1070. The number of carbonyl (C=O) groups is 1. The van der Waals surface area contributed by atoms with Crippen LogP contribution < -0.4 is 16.0 Å². The van der Waals surface area contributed by atoms with E-state index in [2.05, 4.69) is 21.4 Å². The molecule has 0 unspecified atom stereocenters. The second-order valence-corrected chi connectivity index (χ2v) is 9.81. The third kappa shape index (κ3) is 5.34. The molecule has 10 heteroatoms. The Morgan fingerprint density at radius 2 is 1.94 bits per heavy atom. The van der Waals surface area contributed by atoms with Gasteiger partial charge in [0, 0.05) is 24.2 Å². The standard InChI is InChI=1S/C22H26Cl2N6O2/c1-21(2,3)32-20(31)29-22(4)8-10-30(11-9-22)19-27-15(12-25)16(18(26)28-19)13-6-5-7-14(23)17(13)24/h5-7H,8-11H2,1-4H3,(H,29,31)(H2,26,27,28). The van der Waals surface area contributed by atoms with Crippen molar-refractivity contribution in [1.29, 1.82) is 5.26 Å². The molecular formula is C22H26Cl2N6O2. The van der Waals surface area contributed by atoms with Gasteiger partial charge in [-0.25, -0.2) is 9.78 Å². The highest BCUT2D eigenvalue weighted by Crippen LogP contribution is 2.38. The largest absolute Gasteiger partial charge is 0.444 e. The molecule has 1 fully saturated rings. The van der Waals surface area contributed by atoms with Gasteiger partial charge in [-0.05, 0) is 46.6 Å². The molecule has 32 heavy (non-hydrogen) atoms. The molecule has 0 spiro atoms. The number of nitrogens with one attached hydrogen (secondary N) is 1. The van der Waals surface area contributed by atoms with E-state index < -0.39 is 17.2 Å². The van der Waals surface area contributed by atoms with E-state index in [0.717, 1.165) is 0 Å². The Labute approximate surface area is 197 Å². The number of anilines is 2. The van der Waals surface area contributed by atoms with Gasteiger partial charge >= 0.3 is 6.09 Å². The molecule has 170 valence electrons. The number of nitrogens with zero attached hydrogens (tertiary/aromatic N) is 4. The molecule has 0 radical (unpaired) electrons. The molecule has 2 heterocycles. The van der Waals surface area contributed by atoms with Crippen LogP contribution in [-0.4, -0.2) is 40.3 Å². The molecule has 8 nitrogen and oxygen atoms in total. The van der Waals surface area contributed by atoms with Crippen LogP contribution in [0.3, 0.4) is 0 Å². The lowest BCUT2D eigenvalue weighted by molar-refractivity contribution is 0.0448. The molecule has 3 N–H and O–H groups in total. The first-order chi connectivity index (χ1) is 14.9. The van der Waals surface area contributed by atoms with E-state index in [9.17, 15) is 10.1 Å². The average molecular weight is 477 g/mol. The van der Waals surface area contributed by atoms with Gasteiger partial charge in [-0.15, -0.1) is 0 Å². The van der Waals surface area contributed by atoms with E-state index in [1.807, 2.05) is 32.6 Å².